The van der Waals surface area contributed by atoms with E-state index in [2.05, 4.69) is 9.98 Å². The summed E-state index contributed by atoms with van der Waals surface area (Å²) in [5, 5.41) is 12.0. The van der Waals surface area contributed by atoms with Gasteiger partial charge in [0.05, 0.1) is 11.3 Å². The first-order chi connectivity index (χ1) is 9.63. The topological polar surface area (TPSA) is 48.4 Å². The van der Waals surface area contributed by atoms with Crippen molar-refractivity contribution in [3.05, 3.63) is 58.1 Å². The van der Waals surface area contributed by atoms with Crippen LogP contribution < -0.4 is 0 Å². The minimum Gasteiger partial charge on any atom is -0.494 e. The Morgan fingerprint density at radius 1 is 1.05 bits per heavy atom. The van der Waals surface area contributed by atoms with Crippen LogP contribution in [0.5, 0.6) is 5.88 Å². The first-order valence-electron chi connectivity index (χ1n) is 5.93. The number of rotatable bonds is 2. The lowest BCUT2D eigenvalue weighted by molar-refractivity contribution is 0.457. The smallest absolute Gasteiger partial charge is 0.198 e. The number of H-pyrrole nitrogens is 1. The van der Waals surface area contributed by atoms with E-state index in [4.69, 9.17) is 23.2 Å². The molecule has 0 aliphatic carbocycles. The molecule has 0 aliphatic heterocycles. The number of nitrogens with one attached hydrogen (secondary N) is 1. The number of fused-ring (bicyclic) bond motifs is 1. The predicted octanol–water partition coefficient (Wildman–Crippen LogP) is 4.93. The average Bonchev–Trinajstić information content (AvgIpc) is 2.72. The number of aromatic amines is 1. The molecule has 100 valence electrons. The van der Waals surface area contributed by atoms with E-state index in [0.717, 1.165) is 10.9 Å². The van der Waals surface area contributed by atoms with Gasteiger partial charge in [0.25, 0.3) is 0 Å². The average molecular weight is 305 g/mol. The number of aliphatic imine (C=N–C) groups is 1. The summed E-state index contributed by atoms with van der Waals surface area (Å²) in [5.74, 6) is 0.0630. The van der Waals surface area contributed by atoms with Crippen LogP contribution in [-0.4, -0.2) is 16.3 Å². The molecular weight excluding hydrogens is 295 g/mol. The van der Waals surface area contributed by atoms with Gasteiger partial charge < -0.3 is 10.1 Å². The number of halogens is 2. The Hall–Kier alpha value is -1.97. The normalized spacial score (nSPS) is 11.5. The van der Waals surface area contributed by atoms with Gasteiger partial charge in [-0.05, 0) is 36.4 Å². The van der Waals surface area contributed by atoms with Gasteiger partial charge in [-0.15, -0.1) is 0 Å². The van der Waals surface area contributed by atoms with Crippen LogP contribution in [0.15, 0.2) is 47.5 Å². The van der Waals surface area contributed by atoms with Crippen molar-refractivity contribution >= 4 is 46.0 Å². The van der Waals surface area contributed by atoms with Gasteiger partial charge in [-0.1, -0.05) is 29.3 Å². The number of nitrogens with zero attached hydrogens (tertiary/aromatic N) is 1. The van der Waals surface area contributed by atoms with E-state index in [0.29, 0.717) is 21.3 Å². The van der Waals surface area contributed by atoms with Crippen LogP contribution in [0, 0.1) is 0 Å². The summed E-state index contributed by atoms with van der Waals surface area (Å²) in [6, 6.07) is 12.5. The van der Waals surface area contributed by atoms with Gasteiger partial charge in [-0.2, -0.15) is 0 Å². The van der Waals surface area contributed by atoms with E-state index in [-0.39, 0.29) is 5.88 Å². The molecule has 0 unspecified atom stereocenters. The predicted molar refractivity (Wildman–Crippen MR) is 83.7 cm³/mol. The van der Waals surface area contributed by atoms with Gasteiger partial charge in [0, 0.05) is 27.2 Å². The molecular formula is C15H10Cl2N2O. The Labute approximate surface area is 125 Å². The molecule has 20 heavy (non-hydrogen) atoms. The molecule has 0 bridgehead atoms. The van der Waals surface area contributed by atoms with Crippen LogP contribution in [0.25, 0.3) is 10.9 Å². The van der Waals surface area contributed by atoms with Crippen LogP contribution in [0.3, 0.4) is 0 Å². The minimum atomic E-state index is 0.0630. The zero-order valence-corrected chi connectivity index (χ0v) is 11.8. The molecule has 3 nitrogen and oxygen atoms in total. The van der Waals surface area contributed by atoms with Crippen molar-refractivity contribution < 1.29 is 5.11 Å². The molecule has 0 amide bonds. The van der Waals surface area contributed by atoms with Gasteiger partial charge in [0.2, 0.25) is 0 Å². The zero-order valence-electron chi connectivity index (χ0n) is 10.3. The van der Waals surface area contributed by atoms with Crippen molar-refractivity contribution in [1.29, 1.82) is 0 Å². The standard InChI is InChI=1S/C15H10Cl2N2O/c16-9-2-1-3-11(6-9)18-8-13-12-7-10(17)4-5-14(12)19-15(13)20/h1-8,19-20H. The summed E-state index contributed by atoms with van der Waals surface area (Å²) in [6.07, 6.45) is 1.59. The fraction of sp³-hybridized carbons (Fsp3) is 0. The van der Waals surface area contributed by atoms with Gasteiger partial charge in [-0.3, -0.25) is 4.99 Å². The number of hydrogen-bond acceptors (Lipinski definition) is 2. The third-order valence-corrected chi connectivity index (χ3v) is 3.40. The fourth-order valence-electron chi connectivity index (χ4n) is 2.00. The Morgan fingerprint density at radius 3 is 2.65 bits per heavy atom. The molecule has 0 aliphatic rings. The lowest BCUT2D eigenvalue weighted by Gasteiger charge is -1.95. The van der Waals surface area contributed by atoms with E-state index >= 15 is 0 Å². The third-order valence-electron chi connectivity index (χ3n) is 2.93. The minimum absolute atomic E-state index is 0.0630. The molecule has 3 aromatic rings. The summed E-state index contributed by atoms with van der Waals surface area (Å²) in [7, 11) is 0. The largest absolute Gasteiger partial charge is 0.494 e. The summed E-state index contributed by atoms with van der Waals surface area (Å²) in [5.41, 5.74) is 2.12. The van der Waals surface area contributed by atoms with Crippen LogP contribution in [0.2, 0.25) is 10.0 Å². The Morgan fingerprint density at radius 2 is 1.85 bits per heavy atom. The van der Waals surface area contributed by atoms with E-state index < -0.39 is 0 Å². The van der Waals surface area contributed by atoms with E-state index in [1.54, 1.807) is 30.5 Å². The maximum atomic E-state index is 9.94. The lowest BCUT2D eigenvalue weighted by Crippen LogP contribution is -1.79. The fourth-order valence-corrected chi connectivity index (χ4v) is 2.35. The van der Waals surface area contributed by atoms with Crippen molar-refractivity contribution in [2.24, 2.45) is 4.99 Å². The third kappa shape index (κ3) is 2.50. The van der Waals surface area contributed by atoms with Crippen LogP contribution in [0.4, 0.5) is 5.69 Å². The number of aromatic nitrogens is 1. The molecule has 0 saturated heterocycles. The molecule has 0 fully saturated rings. The summed E-state index contributed by atoms with van der Waals surface area (Å²) in [6.45, 7) is 0. The number of aromatic hydroxyl groups is 1. The molecule has 0 spiro atoms. The highest BCUT2D eigenvalue weighted by Crippen LogP contribution is 2.28. The second-order valence-electron chi connectivity index (χ2n) is 4.32. The SMILES string of the molecule is Oc1[nH]c2ccc(Cl)cc2c1C=Nc1cccc(Cl)c1. The highest BCUT2D eigenvalue weighted by Gasteiger charge is 2.09. The summed E-state index contributed by atoms with van der Waals surface area (Å²) in [4.78, 5) is 7.20. The monoisotopic (exact) mass is 304 g/mol. The first-order valence-corrected chi connectivity index (χ1v) is 6.69. The van der Waals surface area contributed by atoms with E-state index in [9.17, 15) is 5.11 Å². The lowest BCUT2D eigenvalue weighted by atomic mass is 10.2. The Kier molecular flexibility index (Phi) is 3.38. The molecule has 1 heterocycles. The number of benzene rings is 2. The van der Waals surface area contributed by atoms with Crippen LogP contribution >= 0.6 is 23.2 Å². The molecule has 0 saturated carbocycles. The van der Waals surface area contributed by atoms with E-state index in [1.165, 1.54) is 0 Å². The second-order valence-corrected chi connectivity index (χ2v) is 5.19. The van der Waals surface area contributed by atoms with E-state index in [1.807, 2.05) is 18.2 Å². The highest BCUT2D eigenvalue weighted by atomic mass is 35.5. The molecule has 3 rings (SSSR count). The summed E-state index contributed by atoms with van der Waals surface area (Å²) < 4.78 is 0. The van der Waals surface area contributed by atoms with Crippen LogP contribution in [0.1, 0.15) is 5.56 Å². The van der Waals surface area contributed by atoms with Crippen LogP contribution in [-0.2, 0) is 0 Å². The highest BCUT2D eigenvalue weighted by molar-refractivity contribution is 6.31. The molecule has 2 N–H and O–H groups in total. The maximum Gasteiger partial charge on any atom is 0.198 e. The molecule has 0 atom stereocenters. The Balaban J connectivity index is 2.06. The first kappa shape index (κ1) is 13.0. The zero-order chi connectivity index (χ0) is 14.1. The Bertz CT molecular complexity index is 809. The van der Waals surface area contributed by atoms with Crippen molar-refractivity contribution in [1.82, 2.24) is 4.98 Å². The number of hydrogen-bond donors (Lipinski definition) is 2. The summed E-state index contributed by atoms with van der Waals surface area (Å²) >= 11 is 11.9. The maximum absolute atomic E-state index is 9.94. The van der Waals surface area contributed by atoms with Crippen molar-refractivity contribution in [3.63, 3.8) is 0 Å². The van der Waals surface area contributed by atoms with Gasteiger partial charge in [0.1, 0.15) is 0 Å². The molecule has 1 aromatic heterocycles. The molecule has 0 radical (unpaired) electrons. The van der Waals surface area contributed by atoms with Gasteiger partial charge in [-0.25, -0.2) is 0 Å². The molecule has 5 heteroatoms. The second kappa shape index (κ2) is 5.19. The quantitative estimate of drug-likeness (QED) is 0.648. The van der Waals surface area contributed by atoms with Gasteiger partial charge >= 0.3 is 0 Å². The van der Waals surface area contributed by atoms with Gasteiger partial charge in [0.15, 0.2) is 5.88 Å². The van der Waals surface area contributed by atoms with Crippen molar-refractivity contribution in [2.45, 2.75) is 0 Å². The van der Waals surface area contributed by atoms with Crippen molar-refractivity contribution in [2.75, 3.05) is 0 Å². The molecule has 2 aromatic carbocycles. The van der Waals surface area contributed by atoms with Crippen molar-refractivity contribution in [3.8, 4) is 5.88 Å².